The molecule has 0 aliphatic heterocycles. The highest BCUT2D eigenvalue weighted by atomic mass is 16.6. The van der Waals surface area contributed by atoms with Crippen molar-refractivity contribution >= 4 is 0 Å². The lowest BCUT2D eigenvalue weighted by atomic mass is 9.80. The molecule has 46 heavy (non-hydrogen) atoms. The number of aliphatic hydroxyl groups excluding tert-OH is 2. The third-order valence-electron chi connectivity index (χ3n) is 7.25. The first-order valence-corrected chi connectivity index (χ1v) is 16.7. The van der Waals surface area contributed by atoms with E-state index in [9.17, 15) is 0 Å². The molecule has 10 nitrogen and oxygen atoms in total. The van der Waals surface area contributed by atoms with Crippen molar-refractivity contribution < 1.29 is 48.1 Å². The van der Waals surface area contributed by atoms with Gasteiger partial charge in [-0.1, -0.05) is 60.7 Å². The van der Waals surface area contributed by atoms with Crippen LogP contribution in [-0.2, 0) is 50.7 Å². The summed E-state index contributed by atoms with van der Waals surface area (Å²) in [6.45, 7) is 8.20. The Morgan fingerprint density at radius 2 is 0.739 bits per heavy atom. The van der Waals surface area contributed by atoms with E-state index in [4.69, 9.17) is 48.1 Å². The molecule has 0 fully saturated rings. The number of ether oxygens (including phenoxy) is 8. The second kappa shape index (κ2) is 30.4. The Bertz CT molecular complexity index is 889. The molecule has 0 unspecified atom stereocenters. The molecule has 10 heteroatoms. The molecular weight excluding hydrogens is 592 g/mol. The van der Waals surface area contributed by atoms with Crippen LogP contribution in [0, 0.1) is 11.8 Å². The summed E-state index contributed by atoms with van der Waals surface area (Å²) >= 11 is 0. The van der Waals surface area contributed by atoms with E-state index in [0.717, 1.165) is 25.7 Å². The summed E-state index contributed by atoms with van der Waals surface area (Å²) in [5, 5.41) is 17.4. The van der Waals surface area contributed by atoms with Crippen molar-refractivity contribution in [3.05, 3.63) is 71.8 Å². The molecule has 0 heterocycles. The Labute approximate surface area is 276 Å². The van der Waals surface area contributed by atoms with Crippen LogP contribution in [-0.4, -0.2) is 129 Å². The number of benzene rings is 2. The average Bonchev–Trinajstić information content (AvgIpc) is 3.08. The summed E-state index contributed by atoms with van der Waals surface area (Å²) in [6.07, 6.45) is 3.95. The quantitative estimate of drug-likeness (QED) is 0.111. The molecule has 0 bridgehead atoms. The van der Waals surface area contributed by atoms with E-state index in [1.54, 1.807) is 0 Å². The average molecular weight is 651 g/mol. The summed E-state index contributed by atoms with van der Waals surface area (Å²) in [5.74, 6) is 0.783. The molecule has 0 saturated heterocycles. The Morgan fingerprint density at radius 1 is 0.391 bits per heavy atom. The minimum Gasteiger partial charge on any atom is -0.394 e. The fourth-order valence-corrected chi connectivity index (χ4v) is 4.93. The van der Waals surface area contributed by atoms with Gasteiger partial charge in [-0.15, -0.1) is 0 Å². The molecule has 0 aliphatic rings. The van der Waals surface area contributed by atoms with Crippen LogP contribution in [0.5, 0.6) is 0 Å². The predicted molar refractivity (Wildman–Crippen MR) is 177 cm³/mol. The van der Waals surface area contributed by atoms with Crippen molar-refractivity contribution in [1.29, 1.82) is 0 Å². The van der Waals surface area contributed by atoms with Crippen LogP contribution in [0.1, 0.15) is 24.0 Å². The molecule has 2 aromatic rings. The van der Waals surface area contributed by atoms with Crippen molar-refractivity contribution in [3.8, 4) is 0 Å². The van der Waals surface area contributed by atoms with Crippen molar-refractivity contribution in [1.82, 2.24) is 0 Å². The second-order valence-electron chi connectivity index (χ2n) is 10.9. The smallest absolute Gasteiger partial charge is 0.0701 e. The van der Waals surface area contributed by atoms with E-state index >= 15 is 0 Å². The number of aliphatic hydroxyl groups is 2. The van der Waals surface area contributed by atoms with E-state index in [-0.39, 0.29) is 13.2 Å². The van der Waals surface area contributed by atoms with Gasteiger partial charge in [-0.05, 0) is 48.6 Å². The zero-order valence-electron chi connectivity index (χ0n) is 27.6. The monoisotopic (exact) mass is 650 g/mol. The largest absolute Gasteiger partial charge is 0.394 e. The first kappa shape index (κ1) is 40.2. The van der Waals surface area contributed by atoms with E-state index in [1.807, 2.05) is 0 Å². The molecule has 0 saturated carbocycles. The van der Waals surface area contributed by atoms with Crippen LogP contribution < -0.4 is 0 Å². The van der Waals surface area contributed by atoms with E-state index in [0.29, 0.717) is 118 Å². The minimum absolute atomic E-state index is 0.0239. The topological polar surface area (TPSA) is 114 Å². The Morgan fingerprint density at radius 3 is 1.15 bits per heavy atom. The maximum atomic E-state index is 8.72. The van der Waals surface area contributed by atoms with Gasteiger partial charge in [0, 0.05) is 6.61 Å². The lowest BCUT2D eigenvalue weighted by Crippen LogP contribution is -2.26. The Hall–Kier alpha value is -1.96. The van der Waals surface area contributed by atoms with Gasteiger partial charge in [0.1, 0.15) is 0 Å². The van der Waals surface area contributed by atoms with Gasteiger partial charge in [0.15, 0.2) is 0 Å². The maximum Gasteiger partial charge on any atom is 0.0701 e. The van der Waals surface area contributed by atoms with Gasteiger partial charge in [0.2, 0.25) is 0 Å². The summed E-state index contributed by atoms with van der Waals surface area (Å²) < 4.78 is 44.6. The fourth-order valence-electron chi connectivity index (χ4n) is 4.93. The van der Waals surface area contributed by atoms with Gasteiger partial charge >= 0.3 is 0 Å². The van der Waals surface area contributed by atoms with Crippen molar-refractivity contribution in [2.45, 2.75) is 25.7 Å². The van der Waals surface area contributed by atoms with Gasteiger partial charge in [0.05, 0.1) is 112 Å². The molecule has 0 aromatic heterocycles. The first-order valence-electron chi connectivity index (χ1n) is 16.7. The normalized spacial score (nSPS) is 12.8. The fraction of sp³-hybridized carbons (Fsp3) is 0.667. The third-order valence-corrected chi connectivity index (χ3v) is 7.25. The van der Waals surface area contributed by atoms with Crippen LogP contribution in [0.2, 0.25) is 0 Å². The number of hydrogen-bond donors (Lipinski definition) is 2. The van der Waals surface area contributed by atoms with Gasteiger partial charge in [0.25, 0.3) is 0 Å². The highest BCUT2D eigenvalue weighted by Crippen LogP contribution is 2.27. The third kappa shape index (κ3) is 22.5. The minimum atomic E-state index is 0.0239. The van der Waals surface area contributed by atoms with Gasteiger partial charge in [-0.3, -0.25) is 0 Å². The maximum absolute atomic E-state index is 8.72. The molecule has 0 amide bonds. The van der Waals surface area contributed by atoms with Crippen LogP contribution in [0.25, 0.3) is 0 Å². The molecular formula is C36H58O10. The van der Waals surface area contributed by atoms with Crippen LogP contribution in [0.15, 0.2) is 60.7 Å². The van der Waals surface area contributed by atoms with Crippen molar-refractivity contribution in [2.75, 3.05) is 119 Å². The molecule has 2 atom stereocenters. The Balaban J connectivity index is 1.73. The summed E-state index contributed by atoms with van der Waals surface area (Å²) in [6, 6.07) is 21.4. The predicted octanol–water partition coefficient (Wildman–Crippen LogP) is 3.60. The molecule has 0 radical (unpaired) electrons. The highest BCUT2D eigenvalue weighted by molar-refractivity contribution is 5.17. The first-order chi connectivity index (χ1) is 22.8. The SMILES string of the molecule is OCCOCCOCCOCCOCCC[C@H](Cc1ccccc1)[C@H](COCCOCCOCCOCCO)Cc1ccccc1. The summed E-state index contributed by atoms with van der Waals surface area (Å²) in [7, 11) is 0. The lowest BCUT2D eigenvalue weighted by Gasteiger charge is -2.28. The summed E-state index contributed by atoms with van der Waals surface area (Å²) in [5.41, 5.74) is 2.66. The molecule has 0 spiro atoms. The van der Waals surface area contributed by atoms with Crippen molar-refractivity contribution in [2.24, 2.45) is 11.8 Å². The number of hydrogen-bond acceptors (Lipinski definition) is 10. The van der Waals surface area contributed by atoms with Gasteiger partial charge in [-0.2, -0.15) is 0 Å². The Kier molecular flexibility index (Phi) is 26.6. The highest BCUT2D eigenvalue weighted by Gasteiger charge is 2.23. The molecule has 2 rings (SSSR count). The van der Waals surface area contributed by atoms with Crippen LogP contribution >= 0.6 is 0 Å². The van der Waals surface area contributed by atoms with E-state index < -0.39 is 0 Å². The molecule has 2 aromatic carbocycles. The van der Waals surface area contributed by atoms with E-state index in [1.165, 1.54) is 11.1 Å². The zero-order valence-corrected chi connectivity index (χ0v) is 27.6. The number of rotatable bonds is 33. The van der Waals surface area contributed by atoms with Crippen LogP contribution in [0.4, 0.5) is 0 Å². The standard InChI is InChI=1S/C36H58O10/c37-13-16-40-19-22-43-25-24-42-21-18-39-15-7-12-35(30-33-8-3-1-4-9-33)36(31-34-10-5-2-6-11-34)32-46-29-28-45-27-26-44-23-20-41-17-14-38/h1-6,8-11,35-38H,7,12-32H2/t35-,36+/m1/s1. The van der Waals surface area contributed by atoms with E-state index in [2.05, 4.69) is 60.7 Å². The molecule has 2 N–H and O–H groups in total. The second-order valence-corrected chi connectivity index (χ2v) is 10.9. The summed E-state index contributed by atoms with van der Waals surface area (Å²) in [4.78, 5) is 0. The van der Waals surface area contributed by atoms with Gasteiger partial charge < -0.3 is 48.1 Å². The van der Waals surface area contributed by atoms with Crippen molar-refractivity contribution in [3.63, 3.8) is 0 Å². The molecule has 262 valence electrons. The van der Waals surface area contributed by atoms with Gasteiger partial charge in [-0.25, -0.2) is 0 Å². The lowest BCUT2D eigenvalue weighted by molar-refractivity contribution is -0.0128. The zero-order chi connectivity index (χ0) is 32.6. The van der Waals surface area contributed by atoms with Crippen LogP contribution in [0.3, 0.4) is 0 Å². The molecule has 0 aliphatic carbocycles.